The third-order valence-electron chi connectivity index (χ3n) is 4.93. The van der Waals surface area contributed by atoms with E-state index >= 15 is 0 Å². The number of nitrogens with one attached hydrogen (secondary N) is 2. The fourth-order valence-corrected chi connectivity index (χ4v) is 3.30. The minimum absolute atomic E-state index is 0.0311. The number of hydrogen-bond acceptors (Lipinski definition) is 6. The first-order valence-corrected chi connectivity index (χ1v) is 11.2. The SMILES string of the molecule is CC[C@H](C)[C@H](NC(=O)c1cncc(Br)c1)c1nc(C(=O)NCCCCN=C(N)N)c(C)o1. The van der Waals surface area contributed by atoms with Crippen LogP contribution in [-0.4, -0.2) is 40.8 Å². The molecule has 174 valence electrons. The summed E-state index contributed by atoms with van der Waals surface area (Å²) in [6, 6.07) is 1.19. The Morgan fingerprint density at radius 1 is 1.25 bits per heavy atom. The molecule has 2 aromatic heterocycles. The van der Waals surface area contributed by atoms with E-state index in [1.807, 2.05) is 13.8 Å². The maximum atomic E-state index is 12.8. The van der Waals surface area contributed by atoms with Crippen molar-refractivity contribution in [1.82, 2.24) is 20.6 Å². The van der Waals surface area contributed by atoms with Gasteiger partial charge in [-0.1, -0.05) is 20.3 Å². The number of carbonyl (C=O) groups is 2. The summed E-state index contributed by atoms with van der Waals surface area (Å²) >= 11 is 3.32. The van der Waals surface area contributed by atoms with Crippen molar-refractivity contribution in [3.63, 3.8) is 0 Å². The lowest BCUT2D eigenvalue weighted by atomic mass is 9.98. The van der Waals surface area contributed by atoms with Gasteiger partial charge in [0.1, 0.15) is 11.8 Å². The molecule has 0 aliphatic heterocycles. The van der Waals surface area contributed by atoms with Crippen LogP contribution in [-0.2, 0) is 0 Å². The van der Waals surface area contributed by atoms with Gasteiger partial charge in [0.2, 0.25) is 5.89 Å². The summed E-state index contributed by atoms with van der Waals surface area (Å²) in [5.41, 5.74) is 11.2. The monoisotopic (exact) mass is 507 g/mol. The van der Waals surface area contributed by atoms with Gasteiger partial charge in [-0.2, -0.15) is 0 Å². The van der Waals surface area contributed by atoms with Crippen molar-refractivity contribution in [2.45, 2.75) is 46.1 Å². The molecule has 0 fully saturated rings. The Kier molecular flexibility index (Phi) is 9.63. The Labute approximate surface area is 195 Å². The van der Waals surface area contributed by atoms with Gasteiger partial charge in [0.05, 0.1) is 5.56 Å². The average Bonchev–Trinajstić information content (AvgIpc) is 3.14. The number of pyridine rings is 1. The summed E-state index contributed by atoms with van der Waals surface area (Å²) in [7, 11) is 0. The lowest BCUT2D eigenvalue weighted by Gasteiger charge is -2.21. The largest absolute Gasteiger partial charge is 0.443 e. The number of aryl methyl sites for hydroxylation is 1. The van der Waals surface area contributed by atoms with Crippen molar-refractivity contribution in [2.24, 2.45) is 22.4 Å². The number of nitrogens with two attached hydrogens (primary N) is 2. The van der Waals surface area contributed by atoms with Crippen LogP contribution in [0.2, 0.25) is 0 Å². The number of hydrogen-bond donors (Lipinski definition) is 4. The normalized spacial score (nSPS) is 12.6. The zero-order valence-electron chi connectivity index (χ0n) is 18.5. The Morgan fingerprint density at radius 2 is 2.00 bits per heavy atom. The van der Waals surface area contributed by atoms with Crippen LogP contribution in [0.5, 0.6) is 0 Å². The maximum Gasteiger partial charge on any atom is 0.273 e. The molecule has 2 heterocycles. The highest BCUT2D eigenvalue weighted by Gasteiger charge is 2.28. The highest BCUT2D eigenvalue weighted by molar-refractivity contribution is 9.10. The van der Waals surface area contributed by atoms with E-state index in [1.165, 1.54) is 6.20 Å². The molecule has 32 heavy (non-hydrogen) atoms. The second-order valence-corrected chi connectivity index (χ2v) is 8.37. The molecule has 0 spiro atoms. The van der Waals surface area contributed by atoms with Crippen molar-refractivity contribution in [3.05, 3.63) is 45.8 Å². The molecule has 0 aliphatic carbocycles. The number of oxazole rings is 1. The van der Waals surface area contributed by atoms with Crippen molar-refractivity contribution < 1.29 is 14.0 Å². The van der Waals surface area contributed by atoms with Crippen molar-refractivity contribution >= 4 is 33.7 Å². The maximum absolute atomic E-state index is 12.8. The molecule has 2 rings (SSSR count). The van der Waals surface area contributed by atoms with Gasteiger partial charge in [0.25, 0.3) is 11.8 Å². The highest BCUT2D eigenvalue weighted by atomic mass is 79.9. The first-order chi connectivity index (χ1) is 15.2. The van der Waals surface area contributed by atoms with Crippen LogP contribution >= 0.6 is 15.9 Å². The number of unbranched alkanes of at least 4 members (excludes halogenated alkanes) is 1. The molecule has 0 aromatic carbocycles. The van der Waals surface area contributed by atoms with Crippen LogP contribution in [0.15, 0.2) is 32.3 Å². The molecular weight excluding hydrogens is 478 g/mol. The molecule has 2 aromatic rings. The fraction of sp³-hybridized carbons (Fsp3) is 0.476. The Hall–Kier alpha value is -2.95. The second-order valence-electron chi connectivity index (χ2n) is 7.45. The predicted molar refractivity (Wildman–Crippen MR) is 125 cm³/mol. The van der Waals surface area contributed by atoms with Crippen LogP contribution in [0, 0.1) is 12.8 Å². The fourth-order valence-electron chi connectivity index (χ4n) is 2.93. The van der Waals surface area contributed by atoms with Gasteiger partial charge in [0, 0.05) is 30.0 Å². The lowest BCUT2D eigenvalue weighted by molar-refractivity contribution is 0.0911. The standard InChI is InChI=1S/C21H30BrN7O3/c1-4-12(2)16(28-18(30)14-9-15(22)11-25-10-14)20-29-17(13(3)32-20)19(31)26-7-5-6-8-27-21(23)24/h9-12,16H,4-8H2,1-3H3,(H,26,31)(H,28,30)(H4,23,24,27)/t12-,16-/m0/s1. The number of rotatable bonds is 11. The number of amides is 2. The Morgan fingerprint density at radius 3 is 2.66 bits per heavy atom. The van der Waals surface area contributed by atoms with E-state index in [2.05, 4.69) is 41.5 Å². The number of nitrogens with zero attached hydrogens (tertiary/aromatic N) is 3. The van der Waals surface area contributed by atoms with Crippen molar-refractivity contribution in [3.8, 4) is 0 Å². The van der Waals surface area contributed by atoms with E-state index in [1.54, 1.807) is 19.2 Å². The molecule has 0 radical (unpaired) electrons. The predicted octanol–water partition coefficient (Wildman–Crippen LogP) is 2.44. The molecule has 2 amide bonds. The molecule has 0 unspecified atom stereocenters. The molecular formula is C21H30BrN7O3. The first-order valence-electron chi connectivity index (χ1n) is 10.4. The Balaban J connectivity index is 2.07. The number of halogens is 1. The lowest BCUT2D eigenvalue weighted by Crippen LogP contribution is -2.33. The Bertz CT molecular complexity index is 957. The van der Waals surface area contributed by atoms with Crippen LogP contribution in [0.25, 0.3) is 0 Å². The minimum Gasteiger partial charge on any atom is -0.443 e. The number of guanidine groups is 1. The molecule has 0 saturated carbocycles. The van der Waals surface area contributed by atoms with Gasteiger partial charge in [0.15, 0.2) is 11.7 Å². The molecule has 2 atom stereocenters. The van der Waals surface area contributed by atoms with Crippen LogP contribution in [0.3, 0.4) is 0 Å². The van der Waals surface area contributed by atoms with Gasteiger partial charge in [-0.3, -0.25) is 19.6 Å². The second kappa shape index (κ2) is 12.2. The third kappa shape index (κ3) is 7.33. The third-order valence-corrected chi connectivity index (χ3v) is 5.36. The van der Waals surface area contributed by atoms with E-state index in [-0.39, 0.29) is 29.4 Å². The zero-order valence-corrected chi connectivity index (χ0v) is 20.1. The topological polar surface area (TPSA) is 162 Å². The van der Waals surface area contributed by atoms with E-state index < -0.39 is 6.04 Å². The van der Waals surface area contributed by atoms with Crippen molar-refractivity contribution in [1.29, 1.82) is 0 Å². The molecule has 0 bridgehead atoms. The van der Waals surface area contributed by atoms with E-state index in [9.17, 15) is 9.59 Å². The van der Waals surface area contributed by atoms with Crippen LogP contribution in [0.4, 0.5) is 0 Å². The van der Waals surface area contributed by atoms with Gasteiger partial charge in [-0.05, 0) is 47.7 Å². The van der Waals surface area contributed by atoms with Crippen molar-refractivity contribution in [2.75, 3.05) is 13.1 Å². The van der Waals surface area contributed by atoms with Gasteiger partial charge in [-0.25, -0.2) is 4.98 Å². The smallest absolute Gasteiger partial charge is 0.273 e. The van der Waals surface area contributed by atoms with Gasteiger partial charge < -0.3 is 26.5 Å². The molecule has 0 aliphatic rings. The van der Waals surface area contributed by atoms with E-state index in [0.717, 1.165) is 19.3 Å². The van der Waals surface area contributed by atoms with E-state index in [0.29, 0.717) is 34.8 Å². The van der Waals surface area contributed by atoms with Gasteiger partial charge in [-0.15, -0.1) is 0 Å². The van der Waals surface area contributed by atoms with Crippen LogP contribution < -0.4 is 22.1 Å². The quantitative estimate of drug-likeness (QED) is 0.206. The summed E-state index contributed by atoms with van der Waals surface area (Å²) in [6.07, 6.45) is 5.33. The summed E-state index contributed by atoms with van der Waals surface area (Å²) in [5.74, 6) is 0.148. The number of carbonyl (C=O) groups excluding carboxylic acids is 2. The number of aromatic nitrogens is 2. The minimum atomic E-state index is -0.494. The zero-order chi connectivity index (χ0) is 23.7. The summed E-state index contributed by atoms with van der Waals surface area (Å²) in [6.45, 7) is 6.64. The first kappa shape index (κ1) is 25.3. The molecule has 11 heteroatoms. The summed E-state index contributed by atoms with van der Waals surface area (Å²) in [5, 5.41) is 5.78. The highest BCUT2D eigenvalue weighted by Crippen LogP contribution is 2.26. The molecule has 10 nitrogen and oxygen atoms in total. The van der Waals surface area contributed by atoms with Gasteiger partial charge >= 0.3 is 0 Å². The molecule has 6 N–H and O–H groups in total. The molecule has 0 saturated heterocycles. The number of aliphatic imine (C=N–C) groups is 1. The van der Waals surface area contributed by atoms with E-state index in [4.69, 9.17) is 15.9 Å². The van der Waals surface area contributed by atoms with Crippen LogP contribution in [0.1, 0.15) is 71.6 Å². The average molecular weight is 508 g/mol. The summed E-state index contributed by atoms with van der Waals surface area (Å²) in [4.78, 5) is 37.7. The summed E-state index contributed by atoms with van der Waals surface area (Å²) < 4.78 is 6.50.